The Labute approximate surface area is 204 Å². The third-order valence-electron chi connectivity index (χ3n) is 5.26. The normalized spacial score (nSPS) is 11.0. The van der Waals surface area contributed by atoms with Crippen LogP contribution in [0.3, 0.4) is 0 Å². The van der Waals surface area contributed by atoms with Gasteiger partial charge in [0.1, 0.15) is 12.4 Å². The number of sulfonamides is 1. The minimum Gasteiger partial charge on any atom is -0.497 e. The smallest absolute Gasteiger partial charge is 0.338 e. The maximum absolute atomic E-state index is 13.8. The average molecular weight is 489 g/mol. The van der Waals surface area contributed by atoms with E-state index < -0.39 is 16.0 Å². The third-order valence-corrected chi connectivity index (χ3v) is 7.03. The lowest BCUT2D eigenvalue weighted by atomic mass is 10.2. The Morgan fingerprint density at radius 3 is 2.31 bits per heavy atom. The summed E-state index contributed by atoms with van der Waals surface area (Å²) in [6.07, 6.45) is 1.61. The topological polar surface area (TPSA) is 85.8 Å². The van der Waals surface area contributed by atoms with Crippen LogP contribution in [0.1, 0.15) is 21.6 Å². The molecule has 0 aliphatic heterocycles. The Morgan fingerprint density at radius 2 is 1.63 bits per heavy atom. The van der Waals surface area contributed by atoms with Crippen molar-refractivity contribution < 1.29 is 22.7 Å². The summed E-state index contributed by atoms with van der Waals surface area (Å²) >= 11 is 0. The van der Waals surface area contributed by atoms with E-state index in [4.69, 9.17) is 9.47 Å². The van der Waals surface area contributed by atoms with Crippen LogP contribution in [0.2, 0.25) is 0 Å². The molecular weight excluding hydrogens is 464 g/mol. The van der Waals surface area contributed by atoms with E-state index in [0.29, 0.717) is 17.1 Å². The lowest BCUT2D eigenvalue weighted by Crippen LogP contribution is -2.30. The highest BCUT2D eigenvalue weighted by Gasteiger charge is 2.26. The fourth-order valence-corrected chi connectivity index (χ4v) is 4.93. The number of ether oxygens (including phenoxy) is 2. The number of esters is 1. The first-order chi connectivity index (χ1) is 17.0. The van der Waals surface area contributed by atoms with Crippen LogP contribution in [0, 0.1) is 0 Å². The maximum Gasteiger partial charge on any atom is 0.338 e. The summed E-state index contributed by atoms with van der Waals surface area (Å²) in [7, 11) is -2.48. The second kappa shape index (κ2) is 10.8. The zero-order chi connectivity index (χ0) is 24.7. The quantitative estimate of drug-likeness (QED) is 0.313. The number of rotatable bonds is 9. The average Bonchev–Trinajstić information content (AvgIpc) is 2.91. The van der Waals surface area contributed by atoms with E-state index in [1.54, 1.807) is 55.8 Å². The molecule has 0 aliphatic rings. The number of aromatic nitrogens is 1. The highest BCUT2D eigenvalue weighted by atomic mass is 32.2. The van der Waals surface area contributed by atoms with Crippen molar-refractivity contribution in [3.05, 3.63) is 120 Å². The summed E-state index contributed by atoms with van der Waals surface area (Å²) in [6, 6.07) is 27.2. The van der Waals surface area contributed by atoms with Gasteiger partial charge in [0.25, 0.3) is 10.0 Å². The molecule has 0 fully saturated rings. The lowest BCUT2D eigenvalue weighted by Gasteiger charge is -2.25. The van der Waals surface area contributed by atoms with Gasteiger partial charge in [-0.1, -0.05) is 42.5 Å². The summed E-state index contributed by atoms with van der Waals surface area (Å²) in [4.78, 5) is 16.7. The van der Waals surface area contributed by atoms with Gasteiger partial charge in [-0.15, -0.1) is 0 Å². The van der Waals surface area contributed by atoms with Crippen molar-refractivity contribution in [2.24, 2.45) is 0 Å². The molecular formula is C27H24N2O5S. The van der Waals surface area contributed by atoms with E-state index in [0.717, 1.165) is 5.56 Å². The summed E-state index contributed by atoms with van der Waals surface area (Å²) in [6.45, 7) is 0.104. The number of hydrogen-bond donors (Lipinski definition) is 0. The molecule has 178 valence electrons. The van der Waals surface area contributed by atoms with E-state index in [2.05, 4.69) is 4.98 Å². The van der Waals surface area contributed by atoms with Crippen molar-refractivity contribution in [1.82, 2.24) is 4.98 Å². The van der Waals surface area contributed by atoms with Crippen molar-refractivity contribution in [1.29, 1.82) is 0 Å². The highest BCUT2D eigenvalue weighted by Crippen LogP contribution is 2.28. The van der Waals surface area contributed by atoms with E-state index in [-0.39, 0.29) is 23.6 Å². The zero-order valence-electron chi connectivity index (χ0n) is 19.1. The van der Waals surface area contributed by atoms with Crippen LogP contribution < -0.4 is 9.04 Å². The minimum atomic E-state index is -4.02. The molecule has 0 aliphatic carbocycles. The van der Waals surface area contributed by atoms with Crippen LogP contribution in [0.5, 0.6) is 5.75 Å². The van der Waals surface area contributed by atoms with Crippen LogP contribution in [-0.2, 0) is 27.9 Å². The van der Waals surface area contributed by atoms with Gasteiger partial charge in [0.05, 0.1) is 35.5 Å². The number of anilines is 1. The van der Waals surface area contributed by atoms with Gasteiger partial charge in [-0.3, -0.25) is 9.29 Å². The molecule has 4 rings (SSSR count). The summed E-state index contributed by atoms with van der Waals surface area (Å²) in [5.41, 5.74) is 2.02. The number of carbonyl (C=O) groups excluding carboxylic acids is 1. The van der Waals surface area contributed by atoms with Crippen molar-refractivity contribution in [3.8, 4) is 5.75 Å². The van der Waals surface area contributed by atoms with Crippen LogP contribution in [0.25, 0.3) is 0 Å². The predicted molar refractivity (Wildman–Crippen MR) is 133 cm³/mol. The monoisotopic (exact) mass is 488 g/mol. The Morgan fingerprint density at radius 1 is 0.886 bits per heavy atom. The van der Waals surface area contributed by atoms with E-state index in [1.165, 1.54) is 28.6 Å². The zero-order valence-corrected chi connectivity index (χ0v) is 19.9. The molecule has 0 N–H and O–H groups in total. The molecule has 7 nitrogen and oxygen atoms in total. The van der Waals surface area contributed by atoms with Crippen LogP contribution in [0.15, 0.2) is 108 Å². The van der Waals surface area contributed by atoms with Gasteiger partial charge in [-0.25, -0.2) is 13.2 Å². The van der Waals surface area contributed by atoms with Crippen molar-refractivity contribution in [2.75, 3.05) is 11.4 Å². The predicted octanol–water partition coefficient (Wildman–Crippen LogP) is 4.84. The van der Waals surface area contributed by atoms with E-state index >= 15 is 0 Å². The second-order valence-electron chi connectivity index (χ2n) is 7.62. The molecule has 4 aromatic rings. The first-order valence-corrected chi connectivity index (χ1v) is 12.3. The lowest BCUT2D eigenvalue weighted by molar-refractivity contribution is 0.0467. The summed E-state index contributed by atoms with van der Waals surface area (Å²) < 4.78 is 39.4. The highest BCUT2D eigenvalue weighted by molar-refractivity contribution is 7.92. The number of nitrogens with zero attached hydrogens (tertiary/aromatic N) is 2. The first-order valence-electron chi connectivity index (χ1n) is 10.9. The summed E-state index contributed by atoms with van der Waals surface area (Å²) in [5.74, 6) is -0.0183. The molecule has 0 spiro atoms. The Bertz CT molecular complexity index is 1380. The van der Waals surface area contributed by atoms with Gasteiger partial charge in [0, 0.05) is 6.20 Å². The van der Waals surface area contributed by atoms with Crippen molar-refractivity contribution >= 4 is 21.7 Å². The largest absolute Gasteiger partial charge is 0.497 e. The van der Waals surface area contributed by atoms with Crippen LogP contribution >= 0.6 is 0 Å². The second-order valence-corrected chi connectivity index (χ2v) is 9.48. The molecule has 35 heavy (non-hydrogen) atoms. The Hall–Kier alpha value is -4.17. The summed E-state index contributed by atoms with van der Waals surface area (Å²) in [5, 5.41) is 0. The molecule has 0 saturated carbocycles. The molecule has 1 heterocycles. The van der Waals surface area contributed by atoms with Gasteiger partial charge < -0.3 is 9.47 Å². The molecule has 0 radical (unpaired) electrons. The number of pyridine rings is 1. The first kappa shape index (κ1) is 24.0. The Balaban J connectivity index is 1.63. The maximum atomic E-state index is 13.8. The fourth-order valence-electron chi connectivity index (χ4n) is 3.43. The van der Waals surface area contributed by atoms with E-state index in [1.807, 2.05) is 30.3 Å². The standard InChI is InChI=1S/C27H24N2O5S/c1-33-25-15-13-24(14-16-25)29(19-21-8-3-2-4-9-21)35(31,32)26-12-7-10-22(18-26)27(30)34-20-23-11-5-6-17-28-23/h2-18H,19-20H2,1H3. The molecule has 0 amide bonds. The van der Waals surface area contributed by atoms with Crippen molar-refractivity contribution in [2.45, 2.75) is 18.0 Å². The minimum absolute atomic E-state index is 0.0113. The number of benzene rings is 3. The van der Waals surface area contributed by atoms with Gasteiger partial charge >= 0.3 is 5.97 Å². The number of hydrogen-bond acceptors (Lipinski definition) is 6. The molecule has 0 unspecified atom stereocenters. The number of carbonyl (C=O) groups is 1. The SMILES string of the molecule is COc1ccc(N(Cc2ccccc2)S(=O)(=O)c2cccc(C(=O)OCc3ccccn3)c2)cc1. The molecule has 8 heteroatoms. The van der Waals surface area contributed by atoms with Gasteiger partial charge in [-0.2, -0.15) is 0 Å². The van der Waals surface area contributed by atoms with Gasteiger partial charge in [0.15, 0.2) is 0 Å². The van der Waals surface area contributed by atoms with Gasteiger partial charge in [0.2, 0.25) is 0 Å². The third kappa shape index (κ3) is 5.85. The molecule has 0 bridgehead atoms. The molecule has 0 saturated heterocycles. The molecule has 3 aromatic carbocycles. The van der Waals surface area contributed by atoms with E-state index in [9.17, 15) is 13.2 Å². The van der Waals surface area contributed by atoms with Gasteiger partial charge in [-0.05, 0) is 60.2 Å². The molecule has 1 aromatic heterocycles. The number of methoxy groups -OCH3 is 1. The fraction of sp³-hybridized carbons (Fsp3) is 0.111. The van der Waals surface area contributed by atoms with Crippen LogP contribution in [0.4, 0.5) is 5.69 Å². The molecule has 0 atom stereocenters. The van der Waals surface area contributed by atoms with Crippen molar-refractivity contribution in [3.63, 3.8) is 0 Å². The van der Waals surface area contributed by atoms with Crippen LogP contribution in [-0.4, -0.2) is 26.5 Å². The Kier molecular flexibility index (Phi) is 7.42.